The molecule has 1 aliphatic rings. The maximum Gasteiger partial charge on any atom is 0.296 e. The number of benzene rings is 1. The topological polar surface area (TPSA) is 100.0 Å². The number of aromatic hydroxyl groups is 1. The van der Waals surface area contributed by atoms with Gasteiger partial charge in [0.1, 0.15) is 0 Å². The van der Waals surface area contributed by atoms with E-state index in [1.54, 1.807) is 29.6 Å². The zero-order valence-corrected chi connectivity index (χ0v) is 18.0. The number of ether oxygens (including phenoxy) is 1. The van der Waals surface area contributed by atoms with Crippen molar-refractivity contribution >= 4 is 39.5 Å². The Balaban J connectivity index is 1.91. The van der Waals surface area contributed by atoms with E-state index in [1.807, 2.05) is 13.8 Å². The number of aromatic nitrogens is 1. The van der Waals surface area contributed by atoms with Gasteiger partial charge in [0.25, 0.3) is 5.91 Å². The van der Waals surface area contributed by atoms with Crippen molar-refractivity contribution in [2.24, 2.45) is 0 Å². The van der Waals surface area contributed by atoms with E-state index in [4.69, 9.17) is 4.74 Å². The van der Waals surface area contributed by atoms with Crippen LogP contribution in [0.5, 0.6) is 11.5 Å². The summed E-state index contributed by atoms with van der Waals surface area (Å²) in [6.07, 6.45) is 0. The molecule has 4 rings (SSSR count). The number of rotatable bonds is 5. The van der Waals surface area contributed by atoms with Crippen LogP contribution in [0.15, 0.2) is 47.0 Å². The summed E-state index contributed by atoms with van der Waals surface area (Å²) in [5, 5.41) is 22.8. The highest BCUT2D eigenvalue weighted by Crippen LogP contribution is 2.45. The normalized spacial score (nSPS) is 16.4. The molecule has 9 heteroatoms. The number of amides is 1. The first kappa shape index (κ1) is 20.1. The van der Waals surface area contributed by atoms with Gasteiger partial charge in [-0.25, -0.2) is 4.98 Å². The van der Waals surface area contributed by atoms with Gasteiger partial charge in [-0.3, -0.25) is 14.5 Å². The number of phenolic OH excluding ortho intramolecular Hbond substituents is 1. The van der Waals surface area contributed by atoms with Crippen LogP contribution in [0.2, 0.25) is 0 Å². The number of aliphatic hydroxyl groups excluding tert-OH is 1. The third-order valence-corrected chi connectivity index (χ3v) is 6.88. The number of carbonyl (C=O) groups is 2. The lowest BCUT2D eigenvalue weighted by Crippen LogP contribution is -2.31. The Morgan fingerprint density at radius 2 is 2.00 bits per heavy atom. The number of carbonyl (C=O) groups excluding carboxylic acids is 2. The number of Topliss-reactive ketones (excluding diaryl/α,β-unsaturated/α-hetero) is 1. The lowest BCUT2D eigenvalue weighted by atomic mass is 9.95. The average molecular weight is 443 g/mol. The van der Waals surface area contributed by atoms with Crippen molar-refractivity contribution in [3.8, 4) is 11.5 Å². The Morgan fingerprint density at radius 3 is 2.60 bits per heavy atom. The van der Waals surface area contributed by atoms with Crippen molar-refractivity contribution < 1.29 is 24.5 Å². The highest BCUT2D eigenvalue weighted by molar-refractivity contribution is 7.16. The molecule has 1 aliphatic heterocycles. The highest BCUT2D eigenvalue weighted by Gasteiger charge is 2.46. The van der Waals surface area contributed by atoms with Gasteiger partial charge in [-0.05, 0) is 43.0 Å². The zero-order valence-electron chi connectivity index (χ0n) is 16.4. The summed E-state index contributed by atoms with van der Waals surface area (Å²) in [6.45, 7) is 3.72. The second-order valence-corrected chi connectivity index (χ2v) is 8.85. The zero-order chi connectivity index (χ0) is 21.6. The van der Waals surface area contributed by atoms with Crippen molar-refractivity contribution in [1.82, 2.24) is 4.98 Å². The van der Waals surface area contributed by atoms with Gasteiger partial charge in [-0.2, -0.15) is 0 Å². The first-order valence-corrected chi connectivity index (χ1v) is 10.7. The predicted octanol–water partition coefficient (Wildman–Crippen LogP) is 4.32. The van der Waals surface area contributed by atoms with Crippen LogP contribution in [-0.2, 0) is 4.79 Å². The summed E-state index contributed by atoms with van der Waals surface area (Å²) in [5.41, 5.74) is 1.25. The number of phenols is 1. The minimum Gasteiger partial charge on any atom is -0.504 e. The third-order valence-electron chi connectivity index (χ3n) is 4.94. The maximum absolute atomic E-state index is 13.2. The number of thiazole rings is 1. The second kappa shape index (κ2) is 7.58. The van der Waals surface area contributed by atoms with E-state index in [2.05, 4.69) is 4.98 Å². The fourth-order valence-corrected chi connectivity index (χ4v) is 4.93. The molecule has 1 unspecified atom stereocenters. The molecule has 3 heterocycles. The molecule has 0 radical (unpaired) electrons. The van der Waals surface area contributed by atoms with E-state index >= 15 is 0 Å². The Kier molecular flexibility index (Phi) is 5.08. The summed E-state index contributed by atoms with van der Waals surface area (Å²) < 4.78 is 5.20. The van der Waals surface area contributed by atoms with E-state index in [0.29, 0.717) is 15.6 Å². The molecule has 1 amide bonds. The summed E-state index contributed by atoms with van der Waals surface area (Å²) in [6, 6.07) is 7.04. The number of methoxy groups -OCH3 is 1. The van der Waals surface area contributed by atoms with Gasteiger partial charge in [-0.15, -0.1) is 22.7 Å². The average Bonchev–Trinajstić information content (AvgIpc) is 3.43. The maximum atomic E-state index is 13.2. The Bertz CT molecular complexity index is 1160. The molecule has 3 aromatic rings. The van der Waals surface area contributed by atoms with E-state index in [-0.39, 0.29) is 17.1 Å². The van der Waals surface area contributed by atoms with Gasteiger partial charge in [0.2, 0.25) is 5.78 Å². The van der Waals surface area contributed by atoms with Crippen molar-refractivity contribution in [2.75, 3.05) is 12.0 Å². The number of anilines is 1. The third kappa shape index (κ3) is 3.16. The predicted molar refractivity (Wildman–Crippen MR) is 115 cm³/mol. The molecule has 0 saturated heterocycles. The quantitative estimate of drug-likeness (QED) is 0.571. The highest BCUT2D eigenvalue weighted by atomic mass is 32.1. The lowest BCUT2D eigenvalue weighted by molar-refractivity contribution is -0.117. The van der Waals surface area contributed by atoms with E-state index in [9.17, 15) is 19.8 Å². The number of hydrogen-bond donors (Lipinski definition) is 2. The summed E-state index contributed by atoms with van der Waals surface area (Å²) in [7, 11) is 1.41. The van der Waals surface area contributed by atoms with Crippen LogP contribution in [-0.4, -0.2) is 34.0 Å². The van der Waals surface area contributed by atoms with Crippen molar-refractivity contribution in [2.45, 2.75) is 19.9 Å². The van der Waals surface area contributed by atoms with Crippen LogP contribution in [0.25, 0.3) is 0 Å². The number of nitrogens with zero attached hydrogens (tertiary/aromatic N) is 2. The van der Waals surface area contributed by atoms with E-state index in [1.165, 1.54) is 40.7 Å². The molecule has 2 N–H and O–H groups in total. The van der Waals surface area contributed by atoms with Crippen LogP contribution < -0.4 is 9.64 Å². The fourth-order valence-electron chi connectivity index (χ4n) is 3.31. The minimum absolute atomic E-state index is 0.0271. The molecular formula is C21H18N2O5S2. The molecule has 2 aromatic heterocycles. The smallest absolute Gasteiger partial charge is 0.296 e. The molecule has 0 saturated carbocycles. The molecule has 7 nitrogen and oxygen atoms in total. The Labute approximate surface area is 180 Å². The molecule has 30 heavy (non-hydrogen) atoms. The van der Waals surface area contributed by atoms with Crippen molar-refractivity contribution in [1.29, 1.82) is 0 Å². The van der Waals surface area contributed by atoms with Gasteiger partial charge in [0.05, 0.1) is 29.3 Å². The van der Waals surface area contributed by atoms with Crippen LogP contribution in [0.3, 0.4) is 0 Å². The van der Waals surface area contributed by atoms with Gasteiger partial charge in [0, 0.05) is 4.88 Å². The molecule has 0 spiro atoms. The fraction of sp³-hybridized carbons (Fsp3) is 0.190. The van der Waals surface area contributed by atoms with Gasteiger partial charge in [0.15, 0.2) is 22.4 Å². The molecule has 0 bridgehead atoms. The molecule has 1 aromatic carbocycles. The number of thiophene rings is 1. The van der Waals surface area contributed by atoms with Gasteiger partial charge < -0.3 is 14.9 Å². The standard InChI is InChI=1S/C21H18N2O5S2/c1-10-11(2)30-21(22-10)23-17(12-6-7-13(24)14(9-12)28-3)16(19(26)20(23)27)18(25)15-5-4-8-29-15/h4-9,17,24,26H,1-3H3. The Morgan fingerprint density at radius 1 is 1.23 bits per heavy atom. The first-order chi connectivity index (χ1) is 14.3. The van der Waals surface area contributed by atoms with E-state index in [0.717, 1.165) is 10.6 Å². The van der Waals surface area contributed by atoms with Crippen LogP contribution in [0, 0.1) is 13.8 Å². The minimum atomic E-state index is -0.911. The molecule has 1 atom stereocenters. The summed E-state index contributed by atoms with van der Waals surface area (Å²) in [4.78, 5) is 33.4. The van der Waals surface area contributed by atoms with Crippen molar-refractivity contribution in [3.63, 3.8) is 0 Å². The van der Waals surface area contributed by atoms with E-state index < -0.39 is 23.5 Å². The SMILES string of the molecule is COc1cc(C2C(C(=O)c3cccs3)=C(O)C(=O)N2c2nc(C)c(C)s2)ccc1O. The Hall–Kier alpha value is -3.17. The summed E-state index contributed by atoms with van der Waals surface area (Å²) >= 11 is 2.54. The summed E-state index contributed by atoms with van der Waals surface area (Å²) in [5.74, 6) is -1.60. The number of ketones is 1. The monoisotopic (exact) mass is 442 g/mol. The largest absolute Gasteiger partial charge is 0.504 e. The van der Waals surface area contributed by atoms with Crippen LogP contribution >= 0.6 is 22.7 Å². The molecule has 0 fully saturated rings. The number of aryl methyl sites for hydroxylation is 2. The van der Waals surface area contributed by atoms with Crippen LogP contribution in [0.1, 0.15) is 31.8 Å². The molecule has 154 valence electrons. The second-order valence-electron chi connectivity index (χ2n) is 6.72. The van der Waals surface area contributed by atoms with Crippen molar-refractivity contribution in [3.05, 3.63) is 68.1 Å². The molecular weight excluding hydrogens is 424 g/mol. The first-order valence-electron chi connectivity index (χ1n) is 8.99. The lowest BCUT2D eigenvalue weighted by Gasteiger charge is -2.25. The molecule has 0 aliphatic carbocycles. The van der Waals surface area contributed by atoms with Crippen LogP contribution in [0.4, 0.5) is 5.13 Å². The van der Waals surface area contributed by atoms with Gasteiger partial charge in [-0.1, -0.05) is 12.1 Å². The number of aliphatic hydroxyl groups is 1. The van der Waals surface area contributed by atoms with Gasteiger partial charge >= 0.3 is 0 Å². The number of hydrogen-bond acceptors (Lipinski definition) is 8.